The lowest BCUT2D eigenvalue weighted by molar-refractivity contribution is -0.187. The number of benzene rings is 1. The monoisotopic (exact) mass is 452 g/mol. The Bertz CT molecular complexity index is 738. The van der Waals surface area contributed by atoms with Gasteiger partial charge in [0.15, 0.2) is 13.5 Å². The number of aliphatic hydroxyl groups is 1. The molecule has 0 aromatic heterocycles. The Kier molecular flexibility index (Phi) is 7.36. The minimum atomic E-state index is -1.95. The third-order valence-electron chi connectivity index (χ3n) is 6.20. The van der Waals surface area contributed by atoms with Crippen molar-refractivity contribution in [2.45, 2.75) is 75.3 Å². The van der Waals surface area contributed by atoms with Gasteiger partial charge in [0, 0.05) is 14.1 Å². The molecule has 0 aliphatic carbocycles. The normalized spacial score (nSPS) is 29.5. The standard InChI is InChI=1S/C22H36N2O4SSi/c1-22(2,3)30(6,7)27-14-16-19(26-13-15-11-9-8-10-12-15)18(25)17-20(28-16)29-21(23-17)24(4)5/h8-12,16-20,25H,13-14H2,1-7H3/t16-,17-,18-,19-,20-/m1/s1. The largest absolute Gasteiger partial charge is 0.414 e. The van der Waals surface area contributed by atoms with Gasteiger partial charge in [-0.25, -0.2) is 0 Å². The van der Waals surface area contributed by atoms with Gasteiger partial charge < -0.3 is 23.9 Å². The topological polar surface area (TPSA) is 63.5 Å². The molecule has 30 heavy (non-hydrogen) atoms. The van der Waals surface area contributed by atoms with Crippen LogP contribution in [0.25, 0.3) is 0 Å². The summed E-state index contributed by atoms with van der Waals surface area (Å²) in [5, 5.41) is 12.2. The summed E-state index contributed by atoms with van der Waals surface area (Å²) < 4.78 is 19.1. The first-order valence-corrected chi connectivity index (χ1v) is 14.3. The number of amidine groups is 1. The lowest BCUT2D eigenvalue weighted by atomic mass is 9.98. The highest BCUT2D eigenvalue weighted by molar-refractivity contribution is 8.14. The Hall–Kier alpha value is -0.903. The van der Waals surface area contributed by atoms with Gasteiger partial charge in [0.25, 0.3) is 0 Å². The van der Waals surface area contributed by atoms with E-state index in [1.165, 1.54) is 0 Å². The molecule has 5 atom stereocenters. The average Bonchev–Trinajstić information content (AvgIpc) is 3.10. The van der Waals surface area contributed by atoms with Crippen molar-refractivity contribution in [2.75, 3.05) is 20.7 Å². The van der Waals surface area contributed by atoms with E-state index >= 15 is 0 Å². The maximum Gasteiger partial charge on any atom is 0.192 e. The number of hydrogen-bond acceptors (Lipinski definition) is 7. The third kappa shape index (κ3) is 5.28. The molecule has 0 amide bonds. The molecule has 1 saturated heterocycles. The van der Waals surface area contributed by atoms with Crippen molar-refractivity contribution >= 4 is 25.2 Å². The number of aliphatic imine (C=N–C) groups is 1. The van der Waals surface area contributed by atoms with E-state index in [0.717, 1.165) is 10.7 Å². The van der Waals surface area contributed by atoms with Crippen molar-refractivity contribution in [3.8, 4) is 0 Å². The SMILES string of the molecule is CN(C)C1=N[C@@H]2[C@@H](O)[C@H](OCc3ccccc3)[C@@H](CO[Si](C)(C)C(C)(C)C)O[C@@H]2S1. The number of rotatable bonds is 6. The van der Waals surface area contributed by atoms with E-state index in [9.17, 15) is 5.11 Å². The van der Waals surface area contributed by atoms with Gasteiger partial charge in [-0.1, -0.05) is 62.9 Å². The number of ether oxygens (including phenoxy) is 2. The summed E-state index contributed by atoms with van der Waals surface area (Å²) in [6.45, 7) is 11.9. The molecule has 0 radical (unpaired) electrons. The van der Waals surface area contributed by atoms with E-state index in [0.29, 0.717) is 13.2 Å². The van der Waals surface area contributed by atoms with Crippen LogP contribution < -0.4 is 0 Å². The number of hydrogen-bond donors (Lipinski definition) is 1. The van der Waals surface area contributed by atoms with Crippen LogP contribution in [0.1, 0.15) is 26.3 Å². The number of aliphatic hydroxyl groups excluding tert-OH is 1. The van der Waals surface area contributed by atoms with Gasteiger partial charge in [-0.2, -0.15) is 0 Å². The first-order chi connectivity index (χ1) is 14.0. The van der Waals surface area contributed by atoms with Gasteiger partial charge in [-0.3, -0.25) is 4.99 Å². The highest BCUT2D eigenvalue weighted by Crippen LogP contribution is 2.40. The average molecular weight is 453 g/mol. The summed E-state index contributed by atoms with van der Waals surface area (Å²) in [5.74, 6) is 0. The highest BCUT2D eigenvalue weighted by atomic mass is 32.2. The fraction of sp³-hybridized carbons (Fsp3) is 0.682. The van der Waals surface area contributed by atoms with Gasteiger partial charge in [0.2, 0.25) is 0 Å². The fourth-order valence-electron chi connectivity index (χ4n) is 3.24. The zero-order chi connectivity index (χ0) is 22.1. The molecule has 1 fully saturated rings. The molecule has 2 heterocycles. The molecule has 0 bridgehead atoms. The summed E-state index contributed by atoms with van der Waals surface area (Å²) in [4.78, 5) is 6.66. The van der Waals surface area contributed by atoms with Crippen LogP contribution in [0.2, 0.25) is 18.1 Å². The molecule has 8 heteroatoms. The molecule has 2 aliphatic rings. The van der Waals surface area contributed by atoms with Crippen LogP contribution in [0.5, 0.6) is 0 Å². The molecule has 1 N–H and O–H groups in total. The molecule has 168 valence electrons. The number of thioether (sulfide) groups is 1. The molecular weight excluding hydrogens is 416 g/mol. The van der Waals surface area contributed by atoms with Crippen LogP contribution in [-0.2, 0) is 20.5 Å². The Labute approximate surface area is 186 Å². The predicted molar refractivity (Wildman–Crippen MR) is 125 cm³/mol. The lowest BCUT2D eigenvalue weighted by Gasteiger charge is -2.43. The summed E-state index contributed by atoms with van der Waals surface area (Å²) in [5.41, 5.74) is 0.844. The quantitative estimate of drug-likeness (QED) is 0.664. The van der Waals surface area contributed by atoms with Crippen LogP contribution in [0.3, 0.4) is 0 Å². The van der Waals surface area contributed by atoms with E-state index in [4.69, 9.17) is 18.9 Å². The van der Waals surface area contributed by atoms with Crippen LogP contribution >= 0.6 is 11.8 Å². The molecule has 0 saturated carbocycles. The van der Waals surface area contributed by atoms with Gasteiger partial charge in [-0.05, 0) is 23.7 Å². The summed E-state index contributed by atoms with van der Waals surface area (Å²) in [7, 11) is 1.96. The Morgan fingerprint density at radius 1 is 1.20 bits per heavy atom. The molecule has 6 nitrogen and oxygen atoms in total. The first kappa shape index (κ1) is 23.8. The van der Waals surface area contributed by atoms with Crippen molar-refractivity contribution in [1.82, 2.24) is 4.90 Å². The van der Waals surface area contributed by atoms with Crippen LogP contribution in [-0.4, -0.2) is 74.0 Å². The minimum absolute atomic E-state index is 0.104. The van der Waals surface area contributed by atoms with Gasteiger partial charge in [0.1, 0.15) is 29.8 Å². The van der Waals surface area contributed by atoms with Crippen molar-refractivity contribution < 1.29 is 19.0 Å². The van der Waals surface area contributed by atoms with Gasteiger partial charge in [-0.15, -0.1) is 0 Å². The third-order valence-corrected chi connectivity index (χ3v) is 12.0. The van der Waals surface area contributed by atoms with Crippen molar-refractivity contribution in [1.29, 1.82) is 0 Å². The number of nitrogens with zero attached hydrogens (tertiary/aromatic N) is 2. The molecular formula is C22H36N2O4SSi. The second-order valence-corrected chi connectivity index (χ2v) is 15.7. The van der Waals surface area contributed by atoms with E-state index in [1.807, 2.05) is 49.3 Å². The van der Waals surface area contributed by atoms with Crippen LogP contribution in [0.4, 0.5) is 0 Å². The summed E-state index contributed by atoms with van der Waals surface area (Å²) in [6, 6.07) is 9.67. The molecule has 1 aromatic carbocycles. The predicted octanol–water partition coefficient (Wildman–Crippen LogP) is 3.71. The van der Waals surface area contributed by atoms with E-state index < -0.39 is 20.5 Å². The van der Waals surface area contributed by atoms with Gasteiger partial charge in [0.05, 0.1) is 13.2 Å². The van der Waals surface area contributed by atoms with Gasteiger partial charge >= 0.3 is 0 Å². The second kappa shape index (κ2) is 9.30. The van der Waals surface area contributed by atoms with E-state index in [2.05, 4.69) is 33.9 Å². The highest BCUT2D eigenvalue weighted by Gasteiger charge is 2.50. The van der Waals surface area contributed by atoms with E-state index in [-0.39, 0.29) is 22.6 Å². The Morgan fingerprint density at radius 3 is 2.47 bits per heavy atom. The van der Waals surface area contributed by atoms with Crippen molar-refractivity contribution in [2.24, 2.45) is 4.99 Å². The maximum atomic E-state index is 11.2. The van der Waals surface area contributed by atoms with E-state index in [1.54, 1.807) is 11.8 Å². The second-order valence-electron chi connectivity index (χ2n) is 9.78. The summed E-state index contributed by atoms with van der Waals surface area (Å²) in [6.07, 6.45) is -1.59. The van der Waals surface area contributed by atoms with Crippen LogP contribution in [0.15, 0.2) is 35.3 Å². The molecule has 3 rings (SSSR count). The zero-order valence-corrected chi connectivity index (χ0v) is 21.0. The lowest BCUT2D eigenvalue weighted by Crippen LogP contribution is -2.58. The zero-order valence-electron chi connectivity index (χ0n) is 19.2. The molecule has 1 aromatic rings. The molecule has 0 unspecified atom stereocenters. The first-order valence-electron chi connectivity index (χ1n) is 10.5. The Balaban J connectivity index is 1.76. The summed E-state index contributed by atoms with van der Waals surface area (Å²) >= 11 is 1.56. The van der Waals surface area contributed by atoms with Crippen molar-refractivity contribution in [3.05, 3.63) is 35.9 Å². The fourth-order valence-corrected chi connectivity index (χ4v) is 5.41. The number of fused-ring (bicyclic) bond motifs is 1. The molecule has 2 aliphatic heterocycles. The Morgan fingerprint density at radius 2 is 1.87 bits per heavy atom. The maximum absolute atomic E-state index is 11.2. The van der Waals surface area contributed by atoms with Crippen molar-refractivity contribution in [3.63, 3.8) is 0 Å². The van der Waals surface area contributed by atoms with Crippen LogP contribution in [0, 0.1) is 0 Å². The molecule has 0 spiro atoms. The minimum Gasteiger partial charge on any atom is -0.414 e. The smallest absolute Gasteiger partial charge is 0.192 e.